The van der Waals surface area contributed by atoms with Crippen molar-refractivity contribution in [1.82, 2.24) is 39.6 Å². The molecule has 0 aliphatic carbocycles. The lowest BCUT2D eigenvalue weighted by Crippen LogP contribution is -2.42. The van der Waals surface area contributed by atoms with Gasteiger partial charge in [-0.1, -0.05) is 42.5 Å². The summed E-state index contributed by atoms with van der Waals surface area (Å²) in [6, 6.07) is 24.9. The number of benzene rings is 3. The first-order chi connectivity index (χ1) is 24.4. The van der Waals surface area contributed by atoms with Crippen molar-refractivity contribution in [3.63, 3.8) is 0 Å². The summed E-state index contributed by atoms with van der Waals surface area (Å²) in [6.07, 6.45) is 5.70. The number of rotatable bonds is 13. The minimum atomic E-state index is -0.129. The molecule has 12 nitrogen and oxygen atoms in total. The van der Waals surface area contributed by atoms with E-state index in [1.807, 2.05) is 23.1 Å². The number of ether oxygens (including phenoxy) is 2. The fourth-order valence-corrected chi connectivity index (χ4v) is 7.52. The molecule has 7 rings (SSSR count). The summed E-state index contributed by atoms with van der Waals surface area (Å²) in [6.45, 7) is 9.90. The van der Waals surface area contributed by atoms with Crippen LogP contribution in [0.25, 0.3) is 16.7 Å². The molecular weight excluding hydrogens is 630 g/mol. The lowest BCUT2D eigenvalue weighted by atomic mass is 9.76. The van der Waals surface area contributed by atoms with Gasteiger partial charge in [0.25, 0.3) is 5.91 Å². The highest BCUT2D eigenvalue weighted by molar-refractivity contribution is 5.98. The van der Waals surface area contributed by atoms with Crippen LogP contribution in [0.4, 0.5) is 5.95 Å². The molecule has 262 valence electrons. The summed E-state index contributed by atoms with van der Waals surface area (Å²) in [5.41, 5.74) is 4.53. The van der Waals surface area contributed by atoms with Gasteiger partial charge in [-0.05, 0) is 92.4 Å². The highest BCUT2D eigenvalue weighted by Crippen LogP contribution is 2.39. The standard InChI is InChI=1S/C38H47N9O3/c1-28(2)50-24-23-46-34-12-8-7-11-33(34)41-37(46)40-30-15-19-44(20-16-30)21-17-38(29-9-5-4-6-10-29)18-22-45(26-38)36(48)32-25-31(13-14-35(32)49-3)47-27-39-42-43-47/h4-14,25,27-28,30H,15-24,26H2,1-3H3,(H,40,41). The third kappa shape index (κ3) is 7.22. The van der Waals surface area contributed by atoms with Crippen LogP contribution in [-0.4, -0.2) is 104 Å². The zero-order valence-corrected chi connectivity index (χ0v) is 29.2. The van der Waals surface area contributed by atoms with Crippen molar-refractivity contribution < 1.29 is 14.3 Å². The molecule has 1 unspecified atom stereocenters. The number of anilines is 1. The molecule has 2 saturated heterocycles. The van der Waals surface area contributed by atoms with Gasteiger partial charge in [0.05, 0.1) is 42.1 Å². The number of methoxy groups -OCH3 is 1. The Morgan fingerprint density at radius 3 is 2.56 bits per heavy atom. The zero-order valence-electron chi connectivity index (χ0n) is 29.2. The molecule has 0 bridgehead atoms. The van der Waals surface area contributed by atoms with Gasteiger partial charge in [-0.3, -0.25) is 4.79 Å². The summed E-state index contributed by atoms with van der Waals surface area (Å²) >= 11 is 0. The molecule has 1 atom stereocenters. The number of imidazole rings is 1. The van der Waals surface area contributed by atoms with Crippen molar-refractivity contribution in [2.75, 3.05) is 51.8 Å². The van der Waals surface area contributed by atoms with Gasteiger partial charge in [-0.15, -0.1) is 5.10 Å². The van der Waals surface area contributed by atoms with Crippen molar-refractivity contribution in [3.8, 4) is 11.4 Å². The fraction of sp³-hybridized carbons (Fsp3) is 0.447. The minimum absolute atomic E-state index is 0.0386. The maximum Gasteiger partial charge on any atom is 0.257 e. The smallest absolute Gasteiger partial charge is 0.257 e. The van der Waals surface area contributed by atoms with E-state index in [-0.39, 0.29) is 17.4 Å². The highest BCUT2D eigenvalue weighted by atomic mass is 16.5. The van der Waals surface area contributed by atoms with E-state index >= 15 is 0 Å². The van der Waals surface area contributed by atoms with Crippen LogP contribution in [0.2, 0.25) is 0 Å². The molecular formula is C38H47N9O3. The number of hydrogen-bond donors (Lipinski definition) is 1. The van der Waals surface area contributed by atoms with Crippen molar-refractivity contribution in [2.45, 2.75) is 63.6 Å². The summed E-state index contributed by atoms with van der Waals surface area (Å²) in [5.74, 6) is 1.43. The maximum absolute atomic E-state index is 14.1. The molecule has 5 aromatic rings. The van der Waals surface area contributed by atoms with Crippen molar-refractivity contribution in [3.05, 3.63) is 90.3 Å². The molecule has 4 heterocycles. The van der Waals surface area contributed by atoms with Gasteiger partial charge in [0, 0.05) is 44.2 Å². The number of amides is 1. The van der Waals surface area contributed by atoms with E-state index in [0.29, 0.717) is 42.7 Å². The van der Waals surface area contributed by atoms with Crippen molar-refractivity contribution >= 4 is 22.9 Å². The number of carbonyl (C=O) groups excluding carboxylic acids is 1. The van der Waals surface area contributed by atoms with Crippen LogP contribution in [0.5, 0.6) is 5.75 Å². The number of nitrogens with one attached hydrogen (secondary N) is 1. The number of piperidine rings is 1. The second-order valence-electron chi connectivity index (χ2n) is 13.8. The minimum Gasteiger partial charge on any atom is -0.496 e. The first kappa shape index (κ1) is 33.7. The van der Waals surface area contributed by atoms with Gasteiger partial charge in [0.1, 0.15) is 12.1 Å². The van der Waals surface area contributed by atoms with E-state index in [1.165, 1.54) is 11.9 Å². The van der Waals surface area contributed by atoms with Crippen LogP contribution in [0.1, 0.15) is 55.5 Å². The second-order valence-corrected chi connectivity index (χ2v) is 13.8. The summed E-state index contributed by atoms with van der Waals surface area (Å²) in [5, 5.41) is 15.3. The zero-order chi connectivity index (χ0) is 34.5. The third-order valence-electron chi connectivity index (χ3n) is 10.3. The Bertz CT molecular complexity index is 1870. The summed E-state index contributed by atoms with van der Waals surface area (Å²) in [4.78, 5) is 23.6. The highest BCUT2D eigenvalue weighted by Gasteiger charge is 2.42. The molecule has 2 aliphatic rings. The van der Waals surface area contributed by atoms with Crippen molar-refractivity contribution in [1.29, 1.82) is 0 Å². The van der Waals surface area contributed by atoms with E-state index < -0.39 is 0 Å². The number of hydrogen-bond acceptors (Lipinski definition) is 9. The molecule has 2 fully saturated rings. The Morgan fingerprint density at radius 1 is 1.00 bits per heavy atom. The summed E-state index contributed by atoms with van der Waals surface area (Å²) in [7, 11) is 1.60. The number of tetrazole rings is 1. The van der Waals surface area contributed by atoms with Crippen LogP contribution >= 0.6 is 0 Å². The molecule has 0 saturated carbocycles. The topological polar surface area (TPSA) is 115 Å². The molecule has 50 heavy (non-hydrogen) atoms. The van der Waals surface area contributed by atoms with E-state index in [9.17, 15) is 4.79 Å². The Labute approximate surface area is 293 Å². The Balaban J connectivity index is 1.01. The Kier molecular flexibility index (Phi) is 10.1. The van der Waals surface area contributed by atoms with Gasteiger partial charge in [-0.2, -0.15) is 0 Å². The molecule has 0 spiro atoms. The molecule has 3 aromatic carbocycles. The van der Waals surface area contributed by atoms with Crippen LogP contribution in [0.3, 0.4) is 0 Å². The maximum atomic E-state index is 14.1. The number of carbonyl (C=O) groups is 1. The van der Waals surface area contributed by atoms with Crippen molar-refractivity contribution in [2.24, 2.45) is 0 Å². The third-order valence-corrected chi connectivity index (χ3v) is 10.3. The fourth-order valence-electron chi connectivity index (χ4n) is 7.52. The predicted octanol–water partition coefficient (Wildman–Crippen LogP) is 5.20. The second kappa shape index (κ2) is 15.0. The molecule has 2 aliphatic heterocycles. The SMILES string of the molecule is COc1ccc(-n2cnnn2)cc1C(=O)N1CCC(CCN2CCC(Nc3nc4ccccc4n3CCOC(C)C)CC2)(c2ccccc2)C1. The normalized spacial score (nSPS) is 18.7. The predicted molar refractivity (Wildman–Crippen MR) is 193 cm³/mol. The lowest BCUT2D eigenvalue weighted by Gasteiger charge is -2.36. The Morgan fingerprint density at radius 2 is 1.80 bits per heavy atom. The van der Waals surface area contributed by atoms with Gasteiger partial charge >= 0.3 is 0 Å². The molecule has 1 amide bonds. The van der Waals surface area contributed by atoms with E-state index in [1.54, 1.807) is 17.9 Å². The van der Waals surface area contributed by atoms with Crippen LogP contribution in [0.15, 0.2) is 79.1 Å². The lowest BCUT2D eigenvalue weighted by molar-refractivity contribution is 0.0734. The van der Waals surface area contributed by atoms with Gasteiger partial charge in [0.2, 0.25) is 5.95 Å². The van der Waals surface area contributed by atoms with Gasteiger partial charge in [-0.25, -0.2) is 9.67 Å². The largest absolute Gasteiger partial charge is 0.496 e. The monoisotopic (exact) mass is 677 g/mol. The summed E-state index contributed by atoms with van der Waals surface area (Å²) < 4.78 is 15.3. The van der Waals surface area contributed by atoms with Crippen LogP contribution in [-0.2, 0) is 16.7 Å². The first-order valence-electron chi connectivity index (χ1n) is 17.7. The molecule has 12 heteroatoms. The van der Waals surface area contributed by atoms with Gasteiger partial charge in [0.15, 0.2) is 0 Å². The average Bonchev–Trinajstić information content (AvgIpc) is 3.92. The molecule has 2 aromatic heterocycles. The molecule has 1 N–H and O–H groups in total. The number of likely N-dealkylation sites (tertiary alicyclic amines) is 2. The average molecular weight is 678 g/mol. The number of fused-ring (bicyclic) bond motifs is 1. The van der Waals surface area contributed by atoms with E-state index in [0.717, 1.165) is 68.8 Å². The van der Waals surface area contributed by atoms with Crippen LogP contribution in [0, 0.1) is 0 Å². The number of para-hydroxylation sites is 2. The molecule has 0 radical (unpaired) electrons. The first-order valence-corrected chi connectivity index (χ1v) is 17.7. The van der Waals surface area contributed by atoms with Crippen LogP contribution < -0.4 is 10.1 Å². The number of aromatic nitrogens is 6. The van der Waals surface area contributed by atoms with E-state index in [4.69, 9.17) is 14.5 Å². The van der Waals surface area contributed by atoms with E-state index in [2.05, 4.69) is 92.7 Å². The number of nitrogens with zero attached hydrogens (tertiary/aromatic N) is 8. The quantitative estimate of drug-likeness (QED) is 0.180. The Hall–Kier alpha value is -4.81. The van der Waals surface area contributed by atoms with Gasteiger partial charge < -0.3 is 29.2 Å².